The summed E-state index contributed by atoms with van der Waals surface area (Å²) < 4.78 is 6.20. The summed E-state index contributed by atoms with van der Waals surface area (Å²) in [5.41, 5.74) is 3.05. The minimum absolute atomic E-state index is 0.423. The van der Waals surface area contributed by atoms with E-state index in [4.69, 9.17) is 4.74 Å². The summed E-state index contributed by atoms with van der Waals surface area (Å²) in [6, 6.07) is 21.5. The first-order chi connectivity index (χ1) is 11.2. The van der Waals surface area contributed by atoms with Crippen LogP contribution in [0.2, 0.25) is 13.1 Å². The van der Waals surface area contributed by atoms with Gasteiger partial charge < -0.3 is 4.74 Å². The molecule has 0 aromatic heterocycles. The Hall–Kier alpha value is -1.64. The van der Waals surface area contributed by atoms with Crippen LogP contribution in [0.25, 0.3) is 11.3 Å². The maximum atomic E-state index is 6.20. The van der Waals surface area contributed by atoms with Gasteiger partial charge in [-0.2, -0.15) is 0 Å². The molecule has 1 nitrogen and oxygen atoms in total. The summed E-state index contributed by atoms with van der Waals surface area (Å²) in [6.07, 6.45) is 6.11. The van der Waals surface area contributed by atoms with E-state index in [1.54, 1.807) is 0 Å². The van der Waals surface area contributed by atoms with Crippen molar-refractivity contribution in [1.82, 2.24) is 0 Å². The Morgan fingerprint density at radius 3 is 2.22 bits per heavy atom. The van der Waals surface area contributed by atoms with Gasteiger partial charge in [-0.15, -0.1) is 0 Å². The van der Waals surface area contributed by atoms with Gasteiger partial charge in [0, 0.05) is 6.61 Å². The molecule has 0 bridgehead atoms. The average Bonchev–Trinajstić information content (AvgIpc) is 2.62. The number of ether oxygens (including phenoxy) is 1. The molecule has 0 amide bonds. The zero-order valence-electron chi connectivity index (χ0n) is 14.2. The second-order valence-electron chi connectivity index (χ2n) is 6.91. The molecule has 0 aliphatic carbocycles. The number of hydrogen-bond donors (Lipinski definition) is 0. The van der Waals surface area contributed by atoms with Crippen molar-refractivity contribution in [2.24, 2.45) is 0 Å². The summed E-state index contributed by atoms with van der Waals surface area (Å²) in [6.45, 7) is 5.85. The zero-order valence-corrected chi connectivity index (χ0v) is 15.2. The van der Waals surface area contributed by atoms with Gasteiger partial charge in [0.25, 0.3) is 0 Å². The summed E-state index contributed by atoms with van der Waals surface area (Å²) in [5.74, 6) is 0. The molecule has 1 fully saturated rings. The molecule has 1 aliphatic heterocycles. The Morgan fingerprint density at radius 1 is 0.957 bits per heavy atom. The van der Waals surface area contributed by atoms with E-state index in [1.165, 1.54) is 35.6 Å². The number of rotatable bonds is 4. The molecule has 0 spiro atoms. The Balaban J connectivity index is 2.03. The van der Waals surface area contributed by atoms with Gasteiger partial charge in [0.1, 0.15) is 8.07 Å². The molecule has 1 aliphatic rings. The second kappa shape index (κ2) is 7.29. The van der Waals surface area contributed by atoms with Crippen LogP contribution in [0.1, 0.15) is 30.4 Å². The van der Waals surface area contributed by atoms with Gasteiger partial charge in [0.15, 0.2) is 0 Å². The van der Waals surface area contributed by atoms with Gasteiger partial charge >= 0.3 is 0 Å². The quantitative estimate of drug-likeness (QED) is 0.527. The minimum atomic E-state index is -1.72. The average molecular weight is 323 g/mol. The van der Waals surface area contributed by atoms with Crippen LogP contribution in [0.3, 0.4) is 0 Å². The normalized spacial score (nSPS) is 19.6. The maximum absolute atomic E-state index is 6.20. The minimum Gasteiger partial charge on any atom is -0.381 e. The highest BCUT2D eigenvalue weighted by Gasteiger charge is 2.37. The predicted octanol–water partition coefficient (Wildman–Crippen LogP) is 5.58. The van der Waals surface area contributed by atoms with Gasteiger partial charge in [0.2, 0.25) is 0 Å². The van der Waals surface area contributed by atoms with Crippen molar-refractivity contribution < 1.29 is 4.74 Å². The maximum Gasteiger partial charge on any atom is 0.114 e. The van der Waals surface area contributed by atoms with E-state index in [1.807, 2.05) is 0 Å². The second-order valence-corrected chi connectivity index (χ2v) is 11.5. The van der Waals surface area contributed by atoms with E-state index in [-0.39, 0.29) is 0 Å². The molecule has 120 valence electrons. The first-order valence-electron chi connectivity index (χ1n) is 8.62. The number of benzene rings is 2. The summed E-state index contributed by atoms with van der Waals surface area (Å²) in [5, 5.41) is 1.50. The molecule has 1 atom stereocenters. The Kier molecular flexibility index (Phi) is 5.14. The number of hydrogen-bond acceptors (Lipinski definition) is 1. The van der Waals surface area contributed by atoms with Crippen LogP contribution in [0, 0.1) is 0 Å². The van der Waals surface area contributed by atoms with Crippen molar-refractivity contribution in [1.29, 1.82) is 0 Å². The third kappa shape index (κ3) is 3.82. The lowest BCUT2D eigenvalue weighted by atomic mass is 10.1. The van der Waals surface area contributed by atoms with E-state index in [0.29, 0.717) is 5.73 Å². The van der Waals surface area contributed by atoms with Crippen LogP contribution in [0.4, 0.5) is 0 Å². The molecule has 0 radical (unpaired) electrons. The monoisotopic (exact) mass is 322 g/mol. The zero-order chi connectivity index (χ0) is 16.1. The van der Waals surface area contributed by atoms with Crippen LogP contribution in [0.5, 0.6) is 0 Å². The molecule has 0 saturated carbocycles. The van der Waals surface area contributed by atoms with Gasteiger partial charge in [-0.1, -0.05) is 79.8 Å². The van der Waals surface area contributed by atoms with Crippen LogP contribution in [0.15, 0.2) is 60.7 Å². The van der Waals surface area contributed by atoms with Crippen molar-refractivity contribution in [3.05, 3.63) is 71.8 Å². The fourth-order valence-corrected chi connectivity index (χ4v) is 6.71. The molecule has 2 heteroatoms. The lowest BCUT2D eigenvalue weighted by Crippen LogP contribution is -2.46. The lowest BCUT2D eigenvalue weighted by Gasteiger charge is -2.37. The molecule has 23 heavy (non-hydrogen) atoms. The molecule has 3 rings (SSSR count). The molecule has 2 aromatic rings. The van der Waals surface area contributed by atoms with Crippen molar-refractivity contribution in [3.63, 3.8) is 0 Å². The molecular weight excluding hydrogens is 296 g/mol. The van der Waals surface area contributed by atoms with E-state index in [2.05, 4.69) is 79.8 Å². The standard InChI is InChI=1S/C21H26OSi/c1-23(2,21-15-9-10-16-22-21)20(19-13-7-4-8-14-19)17-18-11-5-3-6-12-18/h3-8,11-14,17,21H,9-10,15-16H2,1-2H3. The Bertz CT molecular complexity index is 640. The van der Waals surface area contributed by atoms with Crippen molar-refractivity contribution in [2.45, 2.75) is 38.1 Å². The fourth-order valence-electron chi connectivity index (χ4n) is 3.46. The highest BCUT2D eigenvalue weighted by atomic mass is 28.3. The first-order valence-corrected chi connectivity index (χ1v) is 11.7. The largest absolute Gasteiger partial charge is 0.381 e. The molecule has 0 N–H and O–H groups in total. The molecule has 1 unspecified atom stereocenters. The smallest absolute Gasteiger partial charge is 0.114 e. The summed E-state index contributed by atoms with van der Waals surface area (Å²) in [7, 11) is -1.72. The highest BCUT2D eigenvalue weighted by molar-refractivity contribution is 6.96. The topological polar surface area (TPSA) is 9.23 Å². The third-order valence-corrected chi connectivity index (χ3v) is 8.76. The van der Waals surface area contributed by atoms with E-state index in [0.717, 1.165) is 6.61 Å². The van der Waals surface area contributed by atoms with Crippen LogP contribution < -0.4 is 0 Å². The van der Waals surface area contributed by atoms with Gasteiger partial charge in [0.05, 0.1) is 5.73 Å². The fraction of sp³-hybridized carbons (Fsp3) is 0.333. The van der Waals surface area contributed by atoms with Crippen LogP contribution in [-0.2, 0) is 4.74 Å². The molecule has 1 saturated heterocycles. The van der Waals surface area contributed by atoms with Gasteiger partial charge in [-0.05, 0) is 35.6 Å². The Morgan fingerprint density at radius 2 is 1.61 bits per heavy atom. The van der Waals surface area contributed by atoms with Crippen LogP contribution >= 0.6 is 0 Å². The predicted molar refractivity (Wildman–Crippen MR) is 102 cm³/mol. The SMILES string of the molecule is C[Si](C)(C(=Cc1ccccc1)c1ccccc1)C1CCCCO1. The summed E-state index contributed by atoms with van der Waals surface area (Å²) >= 11 is 0. The lowest BCUT2D eigenvalue weighted by molar-refractivity contribution is 0.0613. The first kappa shape index (κ1) is 16.2. The van der Waals surface area contributed by atoms with Gasteiger partial charge in [-0.25, -0.2) is 0 Å². The van der Waals surface area contributed by atoms with Gasteiger partial charge in [-0.3, -0.25) is 0 Å². The van der Waals surface area contributed by atoms with Crippen molar-refractivity contribution >= 4 is 19.3 Å². The highest BCUT2D eigenvalue weighted by Crippen LogP contribution is 2.35. The van der Waals surface area contributed by atoms with E-state index >= 15 is 0 Å². The van der Waals surface area contributed by atoms with E-state index in [9.17, 15) is 0 Å². The van der Waals surface area contributed by atoms with Crippen LogP contribution in [-0.4, -0.2) is 20.4 Å². The molecule has 2 aromatic carbocycles. The Labute approximate surface area is 141 Å². The van der Waals surface area contributed by atoms with E-state index < -0.39 is 8.07 Å². The molecule has 1 heterocycles. The third-order valence-electron chi connectivity index (χ3n) is 4.87. The molecular formula is C21H26OSi. The van der Waals surface area contributed by atoms with Crippen molar-refractivity contribution in [2.75, 3.05) is 6.61 Å². The summed E-state index contributed by atoms with van der Waals surface area (Å²) in [4.78, 5) is 0. The van der Waals surface area contributed by atoms with Crippen molar-refractivity contribution in [3.8, 4) is 0 Å².